The molecule has 0 saturated carbocycles. The molecule has 3 rings (SSSR count). The number of hydrogen-bond acceptors (Lipinski definition) is 4. The van der Waals surface area contributed by atoms with Gasteiger partial charge < -0.3 is 10.0 Å². The quantitative estimate of drug-likeness (QED) is 0.895. The topological polar surface area (TPSA) is 70.7 Å². The highest BCUT2D eigenvalue weighted by Crippen LogP contribution is 2.25. The molecule has 7 heteroatoms. The fraction of sp³-hybridized carbons (Fsp3) is 0.364. The van der Waals surface area contributed by atoms with Crippen molar-refractivity contribution in [3.05, 3.63) is 23.0 Å². The van der Waals surface area contributed by atoms with E-state index < -0.39 is 5.97 Å². The van der Waals surface area contributed by atoms with Gasteiger partial charge in [0.1, 0.15) is 10.8 Å². The smallest absolute Gasteiger partial charge is 0.354 e. The van der Waals surface area contributed by atoms with Gasteiger partial charge in [-0.15, -0.1) is 0 Å². The number of nitrogens with zero attached hydrogens (tertiary/aromatic N) is 4. The summed E-state index contributed by atoms with van der Waals surface area (Å²) in [6.07, 6.45) is 3.68. The van der Waals surface area contributed by atoms with Crippen LogP contribution in [0.15, 0.2) is 12.3 Å². The van der Waals surface area contributed by atoms with Gasteiger partial charge in [0.25, 0.3) is 0 Å². The monoisotopic (exact) mass is 266 g/mol. The molecule has 0 bridgehead atoms. The molecule has 0 spiro atoms. The summed E-state index contributed by atoms with van der Waals surface area (Å²) in [4.78, 5) is 17.2. The lowest BCUT2D eigenvalue weighted by Crippen LogP contribution is -2.22. The van der Waals surface area contributed by atoms with Crippen molar-refractivity contribution in [3.63, 3.8) is 0 Å². The number of rotatable bonds is 2. The number of carboxylic acids is 1. The number of anilines is 1. The van der Waals surface area contributed by atoms with Crippen LogP contribution in [0.4, 0.5) is 5.82 Å². The minimum Gasteiger partial charge on any atom is -0.477 e. The van der Waals surface area contributed by atoms with Gasteiger partial charge in [-0.05, 0) is 12.8 Å². The van der Waals surface area contributed by atoms with E-state index in [0.717, 1.165) is 31.7 Å². The Hall–Kier alpha value is -1.82. The van der Waals surface area contributed by atoms with Gasteiger partial charge in [-0.3, -0.25) is 0 Å². The molecule has 0 aromatic carbocycles. The van der Waals surface area contributed by atoms with E-state index in [1.54, 1.807) is 10.6 Å². The van der Waals surface area contributed by atoms with Crippen molar-refractivity contribution in [1.29, 1.82) is 0 Å². The van der Waals surface area contributed by atoms with Gasteiger partial charge in [-0.25, -0.2) is 9.78 Å². The highest BCUT2D eigenvalue weighted by molar-refractivity contribution is 6.33. The van der Waals surface area contributed by atoms with E-state index >= 15 is 0 Å². The van der Waals surface area contributed by atoms with Gasteiger partial charge in [0.05, 0.1) is 6.20 Å². The average Bonchev–Trinajstić information content (AvgIpc) is 2.98. The largest absolute Gasteiger partial charge is 0.477 e. The SMILES string of the molecule is O=C(O)c1cc(N2CCCC2)n2ncc(Cl)c2n1. The van der Waals surface area contributed by atoms with Crippen molar-refractivity contribution < 1.29 is 9.90 Å². The molecule has 0 amide bonds. The normalized spacial score (nSPS) is 15.5. The van der Waals surface area contributed by atoms with E-state index in [1.807, 2.05) is 0 Å². The summed E-state index contributed by atoms with van der Waals surface area (Å²) in [6.45, 7) is 1.80. The maximum Gasteiger partial charge on any atom is 0.354 e. The molecule has 94 valence electrons. The Bertz CT molecular complexity index is 619. The molecule has 1 aliphatic rings. The first-order valence-electron chi connectivity index (χ1n) is 5.69. The summed E-state index contributed by atoms with van der Waals surface area (Å²) < 4.78 is 1.60. The standard InChI is InChI=1S/C11H11ClN4O2/c12-7-6-13-16-9(15-3-1-2-4-15)5-8(11(17)18)14-10(7)16/h5-6H,1-4H2,(H,17,18). The van der Waals surface area contributed by atoms with Crippen LogP contribution in [-0.2, 0) is 0 Å². The summed E-state index contributed by atoms with van der Waals surface area (Å²) >= 11 is 5.97. The molecule has 2 aromatic heterocycles. The van der Waals surface area contributed by atoms with Crippen LogP contribution in [0.5, 0.6) is 0 Å². The number of halogens is 1. The van der Waals surface area contributed by atoms with Crippen molar-refractivity contribution in [3.8, 4) is 0 Å². The fourth-order valence-corrected chi connectivity index (χ4v) is 2.37. The summed E-state index contributed by atoms with van der Waals surface area (Å²) in [7, 11) is 0. The number of carboxylic acid groups (broad SMARTS) is 1. The molecule has 1 N–H and O–H groups in total. The lowest BCUT2D eigenvalue weighted by molar-refractivity contribution is 0.0690. The lowest BCUT2D eigenvalue weighted by atomic mass is 10.3. The number of fused-ring (bicyclic) bond motifs is 1. The Balaban J connectivity index is 2.23. The van der Waals surface area contributed by atoms with Crippen LogP contribution in [0.2, 0.25) is 5.02 Å². The molecule has 0 atom stereocenters. The molecular weight excluding hydrogens is 256 g/mol. The predicted octanol–water partition coefficient (Wildman–Crippen LogP) is 1.68. The van der Waals surface area contributed by atoms with E-state index in [0.29, 0.717) is 10.7 Å². The lowest BCUT2D eigenvalue weighted by Gasteiger charge is -2.18. The number of carbonyl (C=O) groups is 1. The Morgan fingerprint density at radius 2 is 2.11 bits per heavy atom. The summed E-state index contributed by atoms with van der Waals surface area (Å²) in [5, 5.41) is 13.6. The van der Waals surface area contributed by atoms with E-state index in [1.165, 1.54) is 6.20 Å². The first-order valence-corrected chi connectivity index (χ1v) is 6.07. The summed E-state index contributed by atoms with van der Waals surface area (Å²) in [5.41, 5.74) is 0.380. The fourth-order valence-electron chi connectivity index (χ4n) is 2.20. The molecule has 0 aliphatic carbocycles. The third-order valence-corrected chi connectivity index (χ3v) is 3.33. The van der Waals surface area contributed by atoms with Crippen molar-refractivity contribution in [2.45, 2.75) is 12.8 Å². The molecule has 0 unspecified atom stereocenters. The predicted molar refractivity (Wildman–Crippen MR) is 66.4 cm³/mol. The van der Waals surface area contributed by atoms with Crippen molar-refractivity contribution in [2.75, 3.05) is 18.0 Å². The van der Waals surface area contributed by atoms with Gasteiger partial charge in [-0.1, -0.05) is 11.6 Å². The molecule has 0 radical (unpaired) electrons. The zero-order chi connectivity index (χ0) is 12.7. The minimum absolute atomic E-state index is 0.00759. The Morgan fingerprint density at radius 3 is 2.78 bits per heavy atom. The molecule has 3 heterocycles. The van der Waals surface area contributed by atoms with Crippen LogP contribution in [0.3, 0.4) is 0 Å². The first-order chi connectivity index (χ1) is 8.66. The zero-order valence-electron chi connectivity index (χ0n) is 9.51. The second-order valence-corrected chi connectivity index (χ2v) is 4.63. The first kappa shape index (κ1) is 11.3. The van der Waals surface area contributed by atoms with Crippen molar-refractivity contribution in [2.24, 2.45) is 0 Å². The van der Waals surface area contributed by atoms with Gasteiger partial charge in [-0.2, -0.15) is 9.61 Å². The third kappa shape index (κ3) is 1.69. The maximum atomic E-state index is 11.1. The van der Waals surface area contributed by atoms with Gasteiger partial charge >= 0.3 is 5.97 Å². The summed E-state index contributed by atoms with van der Waals surface area (Å²) in [5.74, 6) is -0.322. The highest BCUT2D eigenvalue weighted by Gasteiger charge is 2.20. The zero-order valence-corrected chi connectivity index (χ0v) is 10.3. The average molecular weight is 267 g/mol. The van der Waals surface area contributed by atoms with E-state index in [-0.39, 0.29) is 5.69 Å². The van der Waals surface area contributed by atoms with Crippen LogP contribution < -0.4 is 4.90 Å². The van der Waals surface area contributed by atoms with Gasteiger partial charge in [0, 0.05) is 19.2 Å². The van der Waals surface area contributed by atoms with Gasteiger partial charge in [0.2, 0.25) is 0 Å². The number of aromatic carboxylic acids is 1. The molecule has 6 nitrogen and oxygen atoms in total. The molecule has 1 aliphatic heterocycles. The molecule has 2 aromatic rings. The highest BCUT2D eigenvalue weighted by atomic mass is 35.5. The van der Waals surface area contributed by atoms with Crippen LogP contribution in [-0.4, -0.2) is 38.8 Å². The van der Waals surface area contributed by atoms with Crippen molar-refractivity contribution >= 4 is 29.0 Å². The van der Waals surface area contributed by atoms with E-state index in [4.69, 9.17) is 16.7 Å². The maximum absolute atomic E-state index is 11.1. The van der Waals surface area contributed by atoms with Crippen LogP contribution in [0.1, 0.15) is 23.3 Å². The Kier molecular flexibility index (Phi) is 2.59. The Labute approximate surface area is 108 Å². The van der Waals surface area contributed by atoms with E-state index in [9.17, 15) is 4.79 Å². The molecular formula is C11H11ClN4O2. The second kappa shape index (κ2) is 4.13. The summed E-state index contributed by atoms with van der Waals surface area (Å²) in [6, 6.07) is 1.55. The van der Waals surface area contributed by atoms with Crippen molar-refractivity contribution in [1.82, 2.24) is 14.6 Å². The Morgan fingerprint density at radius 1 is 1.39 bits per heavy atom. The number of aromatic nitrogens is 3. The molecule has 1 saturated heterocycles. The number of hydrogen-bond donors (Lipinski definition) is 1. The minimum atomic E-state index is -1.06. The molecule has 18 heavy (non-hydrogen) atoms. The molecule has 1 fully saturated rings. The second-order valence-electron chi connectivity index (χ2n) is 4.23. The van der Waals surface area contributed by atoms with Gasteiger partial charge in [0.15, 0.2) is 11.3 Å². The van der Waals surface area contributed by atoms with Crippen LogP contribution >= 0.6 is 11.6 Å². The third-order valence-electron chi connectivity index (χ3n) is 3.06. The van der Waals surface area contributed by atoms with Crippen LogP contribution in [0, 0.1) is 0 Å². The van der Waals surface area contributed by atoms with E-state index in [2.05, 4.69) is 15.0 Å². The van der Waals surface area contributed by atoms with Crippen LogP contribution in [0.25, 0.3) is 5.65 Å².